The van der Waals surface area contributed by atoms with Gasteiger partial charge in [0.2, 0.25) is 0 Å². The molecule has 60 heavy (non-hydrogen) atoms. The lowest BCUT2D eigenvalue weighted by Gasteiger charge is -2.24. The van der Waals surface area contributed by atoms with E-state index in [0.717, 1.165) is 32.1 Å². The first-order valence-electron chi connectivity index (χ1n) is 25.1. The van der Waals surface area contributed by atoms with Gasteiger partial charge in [0.1, 0.15) is 19.8 Å². The van der Waals surface area contributed by atoms with E-state index in [-0.39, 0.29) is 26.1 Å². The molecule has 0 aliphatic rings. The van der Waals surface area contributed by atoms with Crippen LogP contribution in [-0.2, 0) is 32.7 Å². The summed E-state index contributed by atoms with van der Waals surface area (Å²) in [4.78, 5) is 35.4. The van der Waals surface area contributed by atoms with Gasteiger partial charge in [-0.15, -0.1) is 0 Å². The highest BCUT2D eigenvalue weighted by atomic mass is 31.2. The summed E-state index contributed by atoms with van der Waals surface area (Å²) >= 11 is 0. The summed E-state index contributed by atoms with van der Waals surface area (Å²) in [6.07, 6.45) is 48.2. The molecule has 0 aromatic heterocycles. The molecule has 0 amide bonds. The Morgan fingerprint density at radius 2 is 0.883 bits per heavy atom. The van der Waals surface area contributed by atoms with Crippen molar-refractivity contribution >= 4 is 19.8 Å². The topological polar surface area (TPSA) is 108 Å². The van der Waals surface area contributed by atoms with Crippen LogP contribution in [-0.4, -0.2) is 74.9 Å². The number of rotatable bonds is 46. The van der Waals surface area contributed by atoms with E-state index in [4.69, 9.17) is 18.5 Å². The number of hydrogen-bond donors (Lipinski definition) is 1. The first-order valence-corrected chi connectivity index (χ1v) is 26.6. The van der Waals surface area contributed by atoms with Crippen molar-refractivity contribution in [3.05, 3.63) is 24.3 Å². The number of quaternary nitrogens is 1. The highest BCUT2D eigenvalue weighted by molar-refractivity contribution is 7.47. The Bertz CT molecular complexity index is 1070. The van der Waals surface area contributed by atoms with Gasteiger partial charge in [0, 0.05) is 12.8 Å². The molecule has 9 nitrogen and oxygen atoms in total. The minimum atomic E-state index is -4.38. The summed E-state index contributed by atoms with van der Waals surface area (Å²) in [5.74, 6) is -0.838. The smallest absolute Gasteiger partial charge is 0.462 e. The number of esters is 2. The Hall–Kier alpha value is -1.51. The SMILES string of the molecule is CCCCCCCCCCCCCCCC/C=C\CC/C=C\CCCC(=O)OC[C@H](COP(=O)(O)OCC[N+](C)(C)C)OC(=O)CCCCCCCCCCCCCCC. The highest BCUT2D eigenvalue weighted by Gasteiger charge is 2.27. The molecule has 10 heteroatoms. The zero-order valence-corrected chi connectivity index (χ0v) is 40.9. The molecule has 0 radical (unpaired) electrons. The number of nitrogens with zero attached hydrogens (tertiary/aromatic N) is 1. The molecule has 0 bridgehead atoms. The molecule has 0 saturated heterocycles. The van der Waals surface area contributed by atoms with Gasteiger partial charge in [0.05, 0.1) is 27.7 Å². The lowest BCUT2D eigenvalue weighted by atomic mass is 10.0. The standard InChI is InChI=1S/C50H96NO8P/c1-6-8-10-12-14-16-18-20-21-22-23-24-25-26-27-28-29-31-32-34-36-38-40-42-49(52)56-46-48(47-58-60(54,55)57-45-44-51(3,4)5)59-50(53)43-41-39-37-35-33-30-19-17-15-13-11-9-7-2/h28-29,34,36,48H,6-27,30-33,35,37-47H2,1-5H3/p+1/b29-28-,36-34-/t48-/m1/s1. The Morgan fingerprint density at radius 3 is 1.33 bits per heavy atom. The predicted octanol–water partition coefficient (Wildman–Crippen LogP) is 14.7. The summed E-state index contributed by atoms with van der Waals surface area (Å²) in [6.45, 7) is 4.41. The second-order valence-corrected chi connectivity index (χ2v) is 19.6. The fourth-order valence-corrected chi connectivity index (χ4v) is 7.78. The van der Waals surface area contributed by atoms with Crippen LogP contribution >= 0.6 is 7.82 Å². The average molecular weight is 871 g/mol. The van der Waals surface area contributed by atoms with Gasteiger partial charge in [-0.25, -0.2) is 4.57 Å². The maximum Gasteiger partial charge on any atom is 0.472 e. The van der Waals surface area contributed by atoms with Gasteiger partial charge >= 0.3 is 19.8 Å². The van der Waals surface area contributed by atoms with Crippen LogP contribution in [0.2, 0.25) is 0 Å². The lowest BCUT2D eigenvalue weighted by molar-refractivity contribution is -0.870. The molecule has 1 unspecified atom stereocenters. The van der Waals surface area contributed by atoms with E-state index in [9.17, 15) is 19.0 Å². The number of phosphoric ester groups is 1. The molecule has 1 N–H and O–H groups in total. The Balaban J connectivity index is 4.25. The van der Waals surface area contributed by atoms with E-state index < -0.39 is 32.5 Å². The first kappa shape index (κ1) is 58.5. The molecule has 0 aromatic carbocycles. The Morgan fingerprint density at radius 1 is 0.500 bits per heavy atom. The van der Waals surface area contributed by atoms with Gasteiger partial charge < -0.3 is 18.9 Å². The van der Waals surface area contributed by atoms with Gasteiger partial charge in [0.15, 0.2) is 6.10 Å². The van der Waals surface area contributed by atoms with E-state index in [1.165, 1.54) is 161 Å². The normalized spacial score (nSPS) is 13.6. The molecule has 2 atom stereocenters. The molecule has 354 valence electrons. The number of allylic oxidation sites excluding steroid dienone is 4. The van der Waals surface area contributed by atoms with Gasteiger partial charge in [-0.2, -0.15) is 0 Å². The summed E-state index contributed by atoms with van der Waals surface area (Å²) < 4.78 is 34.3. The number of carbonyl (C=O) groups is 2. The number of phosphoric acid groups is 1. The van der Waals surface area contributed by atoms with Crippen LogP contribution in [0.15, 0.2) is 24.3 Å². The molecule has 0 aromatic rings. The van der Waals surface area contributed by atoms with E-state index in [1.54, 1.807) is 0 Å². The van der Waals surface area contributed by atoms with Gasteiger partial charge in [-0.3, -0.25) is 18.6 Å². The van der Waals surface area contributed by atoms with Crippen LogP contribution in [0, 0.1) is 0 Å². The third kappa shape index (κ3) is 46.0. The first-order chi connectivity index (χ1) is 29.0. The van der Waals surface area contributed by atoms with Crippen molar-refractivity contribution in [1.29, 1.82) is 0 Å². The number of likely N-dealkylation sites (N-methyl/N-ethyl adjacent to an activating group) is 1. The van der Waals surface area contributed by atoms with E-state index >= 15 is 0 Å². The number of unbranched alkanes of at least 4 members (excludes halogenated alkanes) is 28. The van der Waals surface area contributed by atoms with E-state index in [0.29, 0.717) is 23.9 Å². The summed E-state index contributed by atoms with van der Waals surface area (Å²) in [5.41, 5.74) is 0. The quantitative estimate of drug-likeness (QED) is 0.0212. The van der Waals surface area contributed by atoms with Crippen molar-refractivity contribution in [3.63, 3.8) is 0 Å². The number of carbonyl (C=O) groups excluding carboxylic acids is 2. The molecule has 0 fully saturated rings. The van der Waals surface area contributed by atoms with Crippen molar-refractivity contribution < 1.29 is 42.1 Å². The molecular weight excluding hydrogens is 774 g/mol. The number of ether oxygens (including phenoxy) is 2. The molecule has 0 aliphatic heterocycles. The molecule has 0 saturated carbocycles. The van der Waals surface area contributed by atoms with Crippen LogP contribution in [0.5, 0.6) is 0 Å². The summed E-state index contributed by atoms with van der Waals surface area (Å²) in [7, 11) is 1.47. The minimum absolute atomic E-state index is 0.0283. The second-order valence-electron chi connectivity index (χ2n) is 18.2. The minimum Gasteiger partial charge on any atom is -0.462 e. The van der Waals surface area contributed by atoms with E-state index in [2.05, 4.69) is 38.2 Å². The zero-order chi connectivity index (χ0) is 44.3. The Labute approximate surface area is 370 Å². The van der Waals surface area contributed by atoms with E-state index in [1.807, 2.05) is 21.1 Å². The van der Waals surface area contributed by atoms with Crippen molar-refractivity contribution in [2.75, 3.05) is 47.5 Å². The van der Waals surface area contributed by atoms with Crippen LogP contribution in [0.25, 0.3) is 0 Å². The van der Waals surface area contributed by atoms with Crippen LogP contribution < -0.4 is 0 Å². The molecular formula is C50H97NO8P+. The summed E-state index contributed by atoms with van der Waals surface area (Å²) in [5, 5.41) is 0. The molecule has 0 rings (SSSR count). The fraction of sp³-hybridized carbons (Fsp3) is 0.880. The van der Waals surface area contributed by atoms with Crippen LogP contribution in [0.1, 0.15) is 232 Å². The monoisotopic (exact) mass is 871 g/mol. The largest absolute Gasteiger partial charge is 0.472 e. The van der Waals surface area contributed by atoms with Crippen LogP contribution in [0.3, 0.4) is 0 Å². The highest BCUT2D eigenvalue weighted by Crippen LogP contribution is 2.43. The lowest BCUT2D eigenvalue weighted by Crippen LogP contribution is -2.37. The summed E-state index contributed by atoms with van der Waals surface area (Å²) in [6, 6.07) is 0. The predicted molar refractivity (Wildman–Crippen MR) is 252 cm³/mol. The third-order valence-corrected chi connectivity index (χ3v) is 11.9. The van der Waals surface area contributed by atoms with Gasteiger partial charge in [-0.1, -0.05) is 199 Å². The fourth-order valence-electron chi connectivity index (χ4n) is 7.04. The molecule has 0 aliphatic carbocycles. The van der Waals surface area contributed by atoms with Gasteiger partial charge in [0.25, 0.3) is 0 Å². The Kier molecular flexibility index (Phi) is 41.7. The average Bonchev–Trinajstić information content (AvgIpc) is 3.20. The maximum absolute atomic E-state index is 12.7. The third-order valence-electron chi connectivity index (χ3n) is 11.0. The van der Waals surface area contributed by atoms with Crippen molar-refractivity contribution in [1.82, 2.24) is 0 Å². The van der Waals surface area contributed by atoms with Crippen molar-refractivity contribution in [2.24, 2.45) is 0 Å². The number of hydrogen-bond acceptors (Lipinski definition) is 7. The zero-order valence-electron chi connectivity index (χ0n) is 40.0. The maximum atomic E-state index is 12.7. The second kappa shape index (κ2) is 42.8. The molecule has 0 heterocycles. The van der Waals surface area contributed by atoms with Crippen molar-refractivity contribution in [3.8, 4) is 0 Å². The molecule has 0 spiro atoms. The van der Waals surface area contributed by atoms with Gasteiger partial charge in [-0.05, 0) is 44.9 Å². The van der Waals surface area contributed by atoms with Crippen LogP contribution in [0.4, 0.5) is 0 Å². The van der Waals surface area contributed by atoms with Crippen molar-refractivity contribution in [2.45, 2.75) is 238 Å².